The minimum absolute atomic E-state index is 0.0230. The van der Waals surface area contributed by atoms with E-state index in [1.165, 1.54) is 23.1 Å². The molecule has 2 heterocycles. The lowest BCUT2D eigenvalue weighted by Gasteiger charge is -1.94. The highest BCUT2D eigenvalue weighted by atomic mass is 32.2. The molecule has 0 aliphatic carbocycles. The molecule has 8 heteroatoms. The molecule has 96 valence electrons. The highest BCUT2D eigenvalue weighted by Gasteiger charge is 2.14. The number of aromatic carboxylic acids is 1. The van der Waals surface area contributed by atoms with Gasteiger partial charge in [0.05, 0.1) is 0 Å². The second-order valence-electron chi connectivity index (χ2n) is 3.32. The van der Waals surface area contributed by atoms with E-state index in [9.17, 15) is 4.79 Å². The normalized spacial score (nSPS) is 10.8. The Hall–Kier alpha value is -0.990. The van der Waals surface area contributed by atoms with Crippen molar-refractivity contribution in [1.82, 2.24) is 10.2 Å². The van der Waals surface area contributed by atoms with Gasteiger partial charge in [-0.25, -0.2) is 4.79 Å². The number of furan rings is 1. The van der Waals surface area contributed by atoms with Crippen LogP contribution in [0.5, 0.6) is 0 Å². The van der Waals surface area contributed by atoms with Crippen LogP contribution in [-0.4, -0.2) is 27.5 Å². The molecule has 2 aromatic heterocycles. The first-order chi connectivity index (χ1) is 8.60. The standard InChI is InChI=1S/C10H10N2O3S3/c1-5-6(3-7(15-5)8(13)14)4-17-10-12-11-9(16-2)18-10/h3H,4H2,1-2H3,(H,13,14). The molecule has 18 heavy (non-hydrogen) atoms. The van der Waals surface area contributed by atoms with Crippen LogP contribution in [-0.2, 0) is 5.75 Å². The van der Waals surface area contributed by atoms with Gasteiger partial charge in [-0.1, -0.05) is 34.9 Å². The molecule has 0 aliphatic heterocycles. The van der Waals surface area contributed by atoms with Gasteiger partial charge in [0, 0.05) is 11.3 Å². The molecule has 0 atom stereocenters. The number of carbonyl (C=O) groups is 1. The van der Waals surface area contributed by atoms with Crippen LogP contribution in [0.25, 0.3) is 0 Å². The van der Waals surface area contributed by atoms with E-state index < -0.39 is 5.97 Å². The van der Waals surface area contributed by atoms with Crippen molar-refractivity contribution in [2.75, 3.05) is 6.26 Å². The molecule has 0 saturated carbocycles. The molecule has 0 bridgehead atoms. The van der Waals surface area contributed by atoms with E-state index in [4.69, 9.17) is 9.52 Å². The van der Waals surface area contributed by atoms with Crippen LogP contribution in [0.15, 0.2) is 19.2 Å². The maximum absolute atomic E-state index is 10.8. The molecule has 2 aromatic rings. The summed E-state index contributed by atoms with van der Waals surface area (Å²) >= 11 is 4.61. The highest BCUT2D eigenvalue weighted by molar-refractivity contribution is 8.02. The second-order valence-corrected chi connectivity index (χ2v) is 6.58. The third-order valence-corrected chi connectivity index (χ3v) is 5.23. The Morgan fingerprint density at radius 3 is 2.78 bits per heavy atom. The molecule has 0 radical (unpaired) electrons. The molecule has 0 spiro atoms. The molecule has 5 nitrogen and oxygen atoms in total. The van der Waals surface area contributed by atoms with Crippen LogP contribution in [0.4, 0.5) is 0 Å². The van der Waals surface area contributed by atoms with Gasteiger partial charge in [-0.2, -0.15) is 0 Å². The SMILES string of the molecule is CSc1nnc(SCc2cc(C(=O)O)oc2C)s1. The first-order valence-electron chi connectivity index (χ1n) is 4.93. The van der Waals surface area contributed by atoms with Crippen LogP contribution in [0, 0.1) is 6.92 Å². The number of hydrogen-bond acceptors (Lipinski definition) is 7. The van der Waals surface area contributed by atoms with E-state index >= 15 is 0 Å². The summed E-state index contributed by atoms with van der Waals surface area (Å²) < 4.78 is 6.94. The maximum atomic E-state index is 10.8. The average molecular weight is 302 g/mol. The van der Waals surface area contributed by atoms with Crippen molar-refractivity contribution in [1.29, 1.82) is 0 Å². The summed E-state index contributed by atoms with van der Waals surface area (Å²) in [5.74, 6) is 0.195. The number of thioether (sulfide) groups is 2. The second kappa shape index (κ2) is 5.77. The fourth-order valence-corrected chi connectivity index (χ4v) is 3.72. The molecule has 0 fully saturated rings. The maximum Gasteiger partial charge on any atom is 0.371 e. The Morgan fingerprint density at radius 2 is 2.22 bits per heavy atom. The predicted octanol–water partition coefficient (Wildman–Crippen LogP) is 3.15. The molecule has 0 saturated heterocycles. The molecule has 0 unspecified atom stereocenters. The molecule has 1 N–H and O–H groups in total. The van der Waals surface area contributed by atoms with E-state index in [1.54, 1.807) is 24.8 Å². The van der Waals surface area contributed by atoms with Gasteiger partial charge in [0.1, 0.15) is 5.76 Å². The minimum atomic E-state index is -1.05. The van der Waals surface area contributed by atoms with Crippen molar-refractivity contribution in [3.05, 3.63) is 23.2 Å². The van der Waals surface area contributed by atoms with Gasteiger partial charge in [-0.3, -0.25) is 0 Å². The summed E-state index contributed by atoms with van der Waals surface area (Å²) in [4.78, 5) is 10.8. The highest BCUT2D eigenvalue weighted by Crippen LogP contribution is 2.31. The van der Waals surface area contributed by atoms with Crippen molar-refractivity contribution in [2.45, 2.75) is 21.4 Å². The lowest BCUT2D eigenvalue weighted by atomic mass is 10.3. The fourth-order valence-electron chi connectivity index (χ4n) is 1.25. The van der Waals surface area contributed by atoms with Crippen molar-refractivity contribution in [3.8, 4) is 0 Å². The number of hydrogen-bond donors (Lipinski definition) is 1. The van der Waals surface area contributed by atoms with Crippen LogP contribution in [0.1, 0.15) is 21.9 Å². The molecule has 0 aliphatic rings. The van der Waals surface area contributed by atoms with Crippen molar-refractivity contribution >= 4 is 40.8 Å². The number of nitrogens with zero attached hydrogens (tertiary/aromatic N) is 2. The van der Waals surface area contributed by atoms with Gasteiger partial charge in [0.15, 0.2) is 8.68 Å². The monoisotopic (exact) mass is 302 g/mol. The molecule has 0 aromatic carbocycles. The van der Waals surface area contributed by atoms with E-state index in [0.29, 0.717) is 11.5 Å². The first-order valence-corrected chi connectivity index (χ1v) is 7.95. The van der Waals surface area contributed by atoms with Gasteiger partial charge in [-0.05, 0) is 19.2 Å². The third kappa shape index (κ3) is 3.06. The Labute approximate surface area is 116 Å². The van der Waals surface area contributed by atoms with Gasteiger partial charge < -0.3 is 9.52 Å². The van der Waals surface area contributed by atoms with Crippen molar-refractivity contribution < 1.29 is 14.3 Å². The number of aromatic nitrogens is 2. The van der Waals surface area contributed by atoms with Crippen molar-refractivity contribution in [3.63, 3.8) is 0 Å². The number of aryl methyl sites for hydroxylation is 1. The molecular weight excluding hydrogens is 292 g/mol. The van der Waals surface area contributed by atoms with Crippen LogP contribution in [0.3, 0.4) is 0 Å². The fraction of sp³-hybridized carbons (Fsp3) is 0.300. The Bertz CT molecular complexity index is 564. The Morgan fingerprint density at radius 1 is 1.50 bits per heavy atom. The van der Waals surface area contributed by atoms with Crippen LogP contribution < -0.4 is 0 Å². The van der Waals surface area contributed by atoms with Crippen LogP contribution in [0.2, 0.25) is 0 Å². The quantitative estimate of drug-likeness (QED) is 0.850. The third-order valence-electron chi connectivity index (χ3n) is 2.15. The number of rotatable bonds is 5. The van der Waals surface area contributed by atoms with E-state index in [2.05, 4.69) is 10.2 Å². The smallest absolute Gasteiger partial charge is 0.371 e. The van der Waals surface area contributed by atoms with E-state index in [-0.39, 0.29) is 5.76 Å². The zero-order chi connectivity index (χ0) is 13.1. The summed E-state index contributed by atoms with van der Waals surface area (Å²) in [6.07, 6.45) is 1.95. The topological polar surface area (TPSA) is 76.2 Å². The zero-order valence-electron chi connectivity index (χ0n) is 9.67. The number of carboxylic acids is 1. The summed E-state index contributed by atoms with van der Waals surface area (Å²) in [7, 11) is 0. The first kappa shape index (κ1) is 13.4. The summed E-state index contributed by atoms with van der Waals surface area (Å²) in [5, 5.41) is 16.9. The zero-order valence-corrected chi connectivity index (χ0v) is 12.1. The van der Waals surface area contributed by atoms with Gasteiger partial charge in [0.25, 0.3) is 0 Å². The number of carboxylic acid groups (broad SMARTS) is 1. The van der Waals surface area contributed by atoms with E-state index in [0.717, 1.165) is 14.2 Å². The lowest BCUT2D eigenvalue weighted by Crippen LogP contribution is -1.91. The minimum Gasteiger partial charge on any atom is -0.475 e. The largest absolute Gasteiger partial charge is 0.475 e. The summed E-state index contributed by atoms with van der Waals surface area (Å²) in [6.45, 7) is 1.76. The Kier molecular flexibility index (Phi) is 4.31. The molecular formula is C10H10N2O3S3. The van der Waals surface area contributed by atoms with Gasteiger partial charge in [-0.15, -0.1) is 10.2 Å². The van der Waals surface area contributed by atoms with Crippen molar-refractivity contribution in [2.24, 2.45) is 0 Å². The summed E-state index contributed by atoms with van der Waals surface area (Å²) in [5.41, 5.74) is 0.873. The lowest BCUT2D eigenvalue weighted by molar-refractivity contribution is 0.0661. The van der Waals surface area contributed by atoms with Gasteiger partial charge in [0.2, 0.25) is 5.76 Å². The molecule has 2 rings (SSSR count). The average Bonchev–Trinajstić information content (AvgIpc) is 2.93. The molecule has 0 amide bonds. The van der Waals surface area contributed by atoms with E-state index in [1.807, 2.05) is 6.26 Å². The van der Waals surface area contributed by atoms with Crippen LogP contribution >= 0.6 is 34.9 Å². The van der Waals surface area contributed by atoms with Gasteiger partial charge >= 0.3 is 5.97 Å². The Balaban J connectivity index is 2.03. The predicted molar refractivity (Wildman–Crippen MR) is 71.7 cm³/mol. The summed E-state index contributed by atoms with van der Waals surface area (Å²) in [6, 6.07) is 1.56.